The molecule has 112 valence electrons. The van der Waals surface area contributed by atoms with Crippen molar-refractivity contribution in [3.05, 3.63) is 52.8 Å². The Balaban J connectivity index is 1.52. The number of rotatable bonds is 5. The molecule has 0 fully saturated rings. The molecular weight excluding hydrogens is 364 g/mol. The highest BCUT2D eigenvalue weighted by atomic mass is 79.9. The molecule has 0 unspecified atom stereocenters. The number of hydrogen-bond donors (Lipinski definition) is 2. The number of fused-ring (bicyclic) bond motifs is 1. The molecule has 7 heteroatoms. The Morgan fingerprint density at radius 1 is 1.14 bits per heavy atom. The molecule has 1 aromatic carbocycles. The fraction of sp³-hybridized carbons (Fsp3) is 0.133. The van der Waals surface area contributed by atoms with Crippen molar-refractivity contribution in [2.45, 2.75) is 0 Å². The lowest BCUT2D eigenvalue weighted by atomic mass is 10.2. The van der Waals surface area contributed by atoms with E-state index in [9.17, 15) is 4.79 Å². The van der Waals surface area contributed by atoms with Crippen LogP contribution in [0.5, 0.6) is 0 Å². The van der Waals surface area contributed by atoms with Gasteiger partial charge in [-0.2, -0.15) is 4.37 Å². The third kappa shape index (κ3) is 3.42. The lowest BCUT2D eigenvalue weighted by Gasteiger charge is -2.06. The van der Waals surface area contributed by atoms with Gasteiger partial charge in [-0.3, -0.25) is 4.79 Å². The van der Waals surface area contributed by atoms with Crippen molar-refractivity contribution < 1.29 is 4.79 Å². The van der Waals surface area contributed by atoms with Crippen molar-refractivity contribution in [1.82, 2.24) is 14.7 Å². The highest BCUT2D eigenvalue weighted by Gasteiger charge is 2.07. The van der Waals surface area contributed by atoms with Crippen LogP contribution >= 0.6 is 27.5 Å². The average molecular weight is 377 g/mol. The molecule has 2 N–H and O–H groups in total. The van der Waals surface area contributed by atoms with Crippen LogP contribution < -0.4 is 10.6 Å². The van der Waals surface area contributed by atoms with E-state index in [0.29, 0.717) is 23.4 Å². The van der Waals surface area contributed by atoms with Crippen LogP contribution in [0.15, 0.2) is 47.1 Å². The maximum absolute atomic E-state index is 11.9. The van der Waals surface area contributed by atoms with E-state index in [1.165, 1.54) is 11.5 Å². The first-order valence-corrected chi connectivity index (χ1v) is 8.30. The van der Waals surface area contributed by atoms with Gasteiger partial charge >= 0.3 is 0 Å². The lowest BCUT2D eigenvalue weighted by molar-refractivity contribution is 0.0950. The van der Waals surface area contributed by atoms with Crippen LogP contribution in [0.25, 0.3) is 10.1 Å². The van der Waals surface area contributed by atoms with E-state index >= 15 is 0 Å². The van der Waals surface area contributed by atoms with Gasteiger partial charge in [0, 0.05) is 18.5 Å². The summed E-state index contributed by atoms with van der Waals surface area (Å²) in [5.74, 6) is 0.668. The molecule has 0 aliphatic rings. The second-order valence-electron chi connectivity index (χ2n) is 4.56. The number of amides is 1. The van der Waals surface area contributed by atoms with Crippen LogP contribution in [0, 0.1) is 0 Å². The van der Waals surface area contributed by atoms with Crippen molar-refractivity contribution in [1.29, 1.82) is 0 Å². The van der Waals surface area contributed by atoms with E-state index in [-0.39, 0.29) is 5.91 Å². The molecule has 3 rings (SSSR count). The van der Waals surface area contributed by atoms with Crippen molar-refractivity contribution in [3.8, 4) is 0 Å². The second kappa shape index (κ2) is 6.85. The molecule has 0 spiro atoms. The fourth-order valence-corrected chi connectivity index (χ4v) is 3.09. The number of aromatic nitrogens is 2. The zero-order valence-electron chi connectivity index (χ0n) is 11.5. The number of halogens is 1. The highest BCUT2D eigenvalue weighted by molar-refractivity contribution is 9.10. The van der Waals surface area contributed by atoms with Gasteiger partial charge in [0.05, 0.1) is 4.70 Å². The molecule has 0 bridgehead atoms. The number of hydrogen-bond acceptors (Lipinski definition) is 5. The molecule has 22 heavy (non-hydrogen) atoms. The quantitative estimate of drug-likeness (QED) is 0.529. The molecule has 0 saturated carbocycles. The molecule has 1 amide bonds. The summed E-state index contributed by atoms with van der Waals surface area (Å²) in [6.07, 6.45) is 0. The first kappa shape index (κ1) is 14.9. The summed E-state index contributed by atoms with van der Waals surface area (Å²) in [5.41, 5.74) is 0.397. The predicted molar refractivity (Wildman–Crippen MR) is 92.4 cm³/mol. The normalized spacial score (nSPS) is 10.6. The minimum Gasteiger partial charge on any atom is -0.367 e. The van der Waals surface area contributed by atoms with Gasteiger partial charge in [0.25, 0.3) is 5.91 Å². The number of anilines is 1. The van der Waals surface area contributed by atoms with Gasteiger partial charge < -0.3 is 10.6 Å². The van der Waals surface area contributed by atoms with Crippen LogP contribution in [0.4, 0.5) is 5.82 Å². The fourth-order valence-electron chi connectivity index (χ4n) is 2.00. The zero-order chi connectivity index (χ0) is 15.4. The summed E-state index contributed by atoms with van der Waals surface area (Å²) < 4.78 is 6.17. The number of benzene rings is 1. The lowest BCUT2D eigenvalue weighted by Crippen LogP contribution is -2.29. The topological polar surface area (TPSA) is 66.9 Å². The van der Waals surface area contributed by atoms with Gasteiger partial charge in [0.2, 0.25) is 0 Å². The van der Waals surface area contributed by atoms with E-state index < -0.39 is 0 Å². The van der Waals surface area contributed by atoms with E-state index in [1.54, 1.807) is 18.2 Å². The minimum atomic E-state index is -0.189. The highest BCUT2D eigenvalue weighted by Crippen LogP contribution is 2.25. The summed E-state index contributed by atoms with van der Waals surface area (Å²) in [6.45, 7) is 1.10. The molecular formula is C15H13BrN4OS. The van der Waals surface area contributed by atoms with E-state index in [2.05, 4.69) is 35.9 Å². The van der Waals surface area contributed by atoms with Gasteiger partial charge in [-0.15, -0.1) is 0 Å². The van der Waals surface area contributed by atoms with E-state index in [1.807, 2.05) is 24.3 Å². The first-order chi connectivity index (χ1) is 10.7. The summed E-state index contributed by atoms with van der Waals surface area (Å²) in [6, 6.07) is 13.3. The Hall–Kier alpha value is -1.99. The largest absolute Gasteiger partial charge is 0.367 e. The molecule has 0 radical (unpaired) electrons. The van der Waals surface area contributed by atoms with Crippen molar-refractivity contribution >= 4 is 49.3 Å². The van der Waals surface area contributed by atoms with Gasteiger partial charge in [-0.25, -0.2) is 4.98 Å². The third-order valence-electron chi connectivity index (χ3n) is 3.03. The van der Waals surface area contributed by atoms with Crippen LogP contribution in [0.2, 0.25) is 0 Å². The van der Waals surface area contributed by atoms with E-state index in [0.717, 1.165) is 15.9 Å². The van der Waals surface area contributed by atoms with Crippen LogP contribution in [0.1, 0.15) is 10.5 Å². The number of carbonyl (C=O) groups excluding carboxylic acids is 1. The van der Waals surface area contributed by atoms with E-state index in [4.69, 9.17) is 0 Å². The Bertz CT molecular complexity index is 805. The second-order valence-corrected chi connectivity index (χ2v) is 6.17. The smallest absolute Gasteiger partial charge is 0.269 e. The summed E-state index contributed by atoms with van der Waals surface area (Å²) >= 11 is 4.71. The van der Waals surface area contributed by atoms with Gasteiger partial charge in [-0.05, 0) is 51.7 Å². The zero-order valence-corrected chi connectivity index (χ0v) is 13.9. The molecule has 0 aliphatic heterocycles. The van der Waals surface area contributed by atoms with Crippen LogP contribution in [-0.4, -0.2) is 28.4 Å². The minimum absolute atomic E-state index is 0.189. The SMILES string of the molecule is O=C(NCCNc1nsc2ccccc12)c1cccc(Br)n1. The summed E-state index contributed by atoms with van der Waals surface area (Å²) in [5, 5.41) is 7.17. The Morgan fingerprint density at radius 2 is 2.00 bits per heavy atom. The Morgan fingerprint density at radius 3 is 2.86 bits per heavy atom. The number of nitrogens with zero attached hydrogens (tertiary/aromatic N) is 2. The summed E-state index contributed by atoms with van der Waals surface area (Å²) in [4.78, 5) is 16.1. The number of pyridine rings is 1. The molecule has 2 aromatic heterocycles. The average Bonchev–Trinajstić information content (AvgIpc) is 2.95. The third-order valence-corrected chi connectivity index (χ3v) is 4.30. The molecule has 2 heterocycles. The predicted octanol–water partition coefficient (Wildman–Crippen LogP) is 3.30. The summed E-state index contributed by atoms with van der Waals surface area (Å²) in [7, 11) is 0. The van der Waals surface area contributed by atoms with Crippen molar-refractivity contribution in [3.63, 3.8) is 0 Å². The Labute approximate surface area is 140 Å². The number of carbonyl (C=O) groups is 1. The van der Waals surface area contributed by atoms with Crippen LogP contribution in [0.3, 0.4) is 0 Å². The maximum atomic E-state index is 11.9. The number of nitrogens with one attached hydrogen (secondary N) is 2. The van der Waals surface area contributed by atoms with Crippen molar-refractivity contribution in [2.75, 3.05) is 18.4 Å². The monoisotopic (exact) mass is 376 g/mol. The molecule has 5 nitrogen and oxygen atoms in total. The van der Waals surface area contributed by atoms with Gasteiger partial charge in [0.1, 0.15) is 16.1 Å². The molecule has 3 aromatic rings. The standard InChI is InChI=1S/C15H13BrN4OS/c16-13-7-3-5-11(19-13)15(21)18-9-8-17-14-10-4-1-2-6-12(10)22-20-14/h1-7H,8-9H2,(H,17,20)(H,18,21). The molecule has 0 saturated heterocycles. The van der Waals surface area contributed by atoms with Gasteiger partial charge in [-0.1, -0.05) is 18.2 Å². The Kier molecular flexibility index (Phi) is 4.65. The van der Waals surface area contributed by atoms with Crippen LogP contribution in [-0.2, 0) is 0 Å². The maximum Gasteiger partial charge on any atom is 0.269 e. The van der Waals surface area contributed by atoms with Gasteiger partial charge in [0.15, 0.2) is 0 Å². The molecule has 0 aliphatic carbocycles. The van der Waals surface area contributed by atoms with Crippen molar-refractivity contribution in [2.24, 2.45) is 0 Å². The molecule has 0 atom stereocenters. The first-order valence-electron chi connectivity index (χ1n) is 6.73.